The predicted molar refractivity (Wildman–Crippen MR) is 94.3 cm³/mol. The standard InChI is InChI=1S/C19H20N4O3/c1-11(24)15-7-8-21-23(15)14-9-13(10-14)16-17(19(20)25)22-26-18(16)12-5-3-2-4-6-12/h2-8,11,13-14,24H,9-10H2,1H3,(H2,20,25)/t11-,13?,14?/m0/s1. The van der Waals surface area contributed by atoms with Gasteiger partial charge in [-0.2, -0.15) is 5.10 Å². The van der Waals surface area contributed by atoms with E-state index in [-0.39, 0.29) is 17.7 Å². The number of nitrogens with zero attached hydrogens (tertiary/aromatic N) is 3. The molecule has 3 aromatic rings. The van der Waals surface area contributed by atoms with E-state index in [0.29, 0.717) is 5.76 Å². The summed E-state index contributed by atoms with van der Waals surface area (Å²) in [5.74, 6) is 0.118. The Hall–Kier alpha value is -2.93. The van der Waals surface area contributed by atoms with E-state index in [4.69, 9.17) is 10.3 Å². The third-order valence-corrected chi connectivity index (χ3v) is 4.99. The zero-order chi connectivity index (χ0) is 18.3. The number of benzene rings is 1. The smallest absolute Gasteiger partial charge is 0.271 e. The number of amides is 1. The highest BCUT2D eigenvalue weighted by Gasteiger charge is 2.39. The Labute approximate surface area is 150 Å². The Morgan fingerprint density at radius 3 is 2.69 bits per heavy atom. The van der Waals surface area contributed by atoms with Crippen LogP contribution in [-0.2, 0) is 0 Å². The summed E-state index contributed by atoms with van der Waals surface area (Å²) in [6.07, 6.45) is 2.68. The predicted octanol–water partition coefficient (Wildman–Crippen LogP) is 2.81. The summed E-state index contributed by atoms with van der Waals surface area (Å²) in [7, 11) is 0. The van der Waals surface area contributed by atoms with Gasteiger partial charge in [0.25, 0.3) is 5.91 Å². The Morgan fingerprint density at radius 1 is 1.31 bits per heavy atom. The lowest BCUT2D eigenvalue weighted by Gasteiger charge is -2.36. The summed E-state index contributed by atoms with van der Waals surface area (Å²) in [5.41, 5.74) is 8.13. The molecule has 1 amide bonds. The minimum Gasteiger partial charge on any atom is -0.387 e. The van der Waals surface area contributed by atoms with Crippen LogP contribution >= 0.6 is 0 Å². The molecule has 0 bridgehead atoms. The first kappa shape index (κ1) is 16.5. The second-order valence-corrected chi connectivity index (χ2v) is 6.70. The lowest BCUT2D eigenvalue weighted by Crippen LogP contribution is -2.29. The number of hydrogen-bond acceptors (Lipinski definition) is 5. The molecule has 3 N–H and O–H groups in total. The van der Waals surface area contributed by atoms with Crippen molar-refractivity contribution in [1.82, 2.24) is 14.9 Å². The van der Waals surface area contributed by atoms with E-state index in [1.165, 1.54) is 0 Å². The van der Waals surface area contributed by atoms with Gasteiger partial charge in [0, 0.05) is 17.3 Å². The van der Waals surface area contributed by atoms with Crippen LogP contribution in [0.5, 0.6) is 0 Å². The molecule has 1 saturated carbocycles. The van der Waals surface area contributed by atoms with Crippen molar-refractivity contribution in [2.75, 3.05) is 0 Å². The molecule has 1 atom stereocenters. The fraction of sp³-hybridized carbons (Fsp3) is 0.316. The van der Waals surface area contributed by atoms with Crippen molar-refractivity contribution in [1.29, 1.82) is 0 Å². The summed E-state index contributed by atoms with van der Waals surface area (Å²) < 4.78 is 7.34. The van der Waals surface area contributed by atoms with Crippen molar-refractivity contribution >= 4 is 5.91 Å². The average molecular weight is 352 g/mol. The molecule has 7 heteroatoms. The molecule has 0 aliphatic heterocycles. The number of primary amides is 1. The summed E-state index contributed by atoms with van der Waals surface area (Å²) in [6, 6.07) is 11.6. The van der Waals surface area contributed by atoms with Crippen LogP contribution in [0.4, 0.5) is 0 Å². The molecule has 2 heterocycles. The molecule has 1 fully saturated rings. The van der Waals surface area contributed by atoms with Gasteiger partial charge in [0.15, 0.2) is 11.5 Å². The molecule has 4 rings (SSSR count). The highest BCUT2D eigenvalue weighted by Crippen LogP contribution is 2.49. The van der Waals surface area contributed by atoms with Crippen LogP contribution in [0.25, 0.3) is 11.3 Å². The number of hydrogen-bond donors (Lipinski definition) is 2. The molecule has 0 unspecified atom stereocenters. The zero-order valence-corrected chi connectivity index (χ0v) is 14.4. The minimum atomic E-state index is -0.585. The van der Waals surface area contributed by atoms with Gasteiger partial charge in [-0.15, -0.1) is 0 Å². The maximum Gasteiger partial charge on any atom is 0.271 e. The molecule has 0 spiro atoms. The van der Waals surface area contributed by atoms with E-state index >= 15 is 0 Å². The number of rotatable bonds is 5. The van der Waals surface area contributed by atoms with Gasteiger partial charge >= 0.3 is 0 Å². The molecule has 2 aromatic heterocycles. The van der Waals surface area contributed by atoms with Crippen LogP contribution in [-0.4, -0.2) is 26.0 Å². The molecule has 1 aliphatic carbocycles. The number of nitrogens with two attached hydrogens (primary N) is 1. The van der Waals surface area contributed by atoms with Crippen molar-refractivity contribution in [3.63, 3.8) is 0 Å². The number of aliphatic hydroxyl groups excluding tert-OH is 1. The first-order valence-electron chi connectivity index (χ1n) is 8.62. The van der Waals surface area contributed by atoms with Crippen LogP contribution in [0, 0.1) is 0 Å². The van der Waals surface area contributed by atoms with E-state index in [2.05, 4.69) is 10.3 Å². The molecule has 26 heavy (non-hydrogen) atoms. The first-order chi connectivity index (χ1) is 12.6. The molecule has 134 valence electrons. The number of aliphatic hydroxyl groups is 1. The van der Waals surface area contributed by atoms with Crippen LogP contribution in [0.15, 0.2) is 47.1 Å². The molecule has 0 radical (unpaired) electrons. The van der Waals surface area contributed by atoms with Gasteiger partial charge in [-0.1, -0.05) is 35.5 Å². The summed E-state index contributed by atoms with van der Waals surface area (Å²) >= 11 is 0. The summed E-state index contributed by atoms with van der Waals surface area (Å²) in [4.78, 5) is 11.8. The Bertz CT molecular complexity index is 923. The highest BCUT2D eigenvalue weighted by atomic mass is 16.5. The molecule has 1 aromatic carbocycles. The topological polar surface area (TPSA) is 107 Å². The van der Waals surface area contributed by atoms with Gasteiger partial charge in [0.05, 0.1) is 17.8 Å². The maximum atomic E-state index is 11.8. The van der Waals surface area contributed by atoms with E-state index in [0.717, 1.165) is 29.7 Å². The molecule has 7 nitrogen and oxygen atoms in total. The van der Waals surface area contributed by atoms with Gasteiger partial charge in [0.1, 0.15) is 0 Å². The lowest BCUT2D eigenvalue weighted by atomic mass is 9.74. The second kappa shape index (κ2) is 6.42. The van der Waals surface area contributed by atoms with Crippen LogP contribution in [0.1, 0.15) is 59.6 Å². The number of carbonyl (C=O) groups excluding carboxylic acids is 1. The number of carbonyl (C=O) groups is 1. The quantitative estimate of drug-likeness (QED) is 0.734. The second-order valence-electron chi connectivity index (χ2n) is 6.70. The van der Waals surface area contributed by atoms with Crippen molar-refractivity contribution in [3.05, 3.63) is 59.5 Å². The maximum absolute atomic E-state index is 11.8. The third kappa shape index (κ3) is 2.70. The first-order valence-corrected chi connectivity index (χ1v) is 8.62. The number of aromatic nitrogens is 3. The molecular weight excluding hydrogens is 332 g/mol. The summed E-state index contributed by atoms with van der Waals surface area (Å²) in [6.45, 7) is 1.72. The van der Waals surface area contributed by atoms with E-state index < -0.39 is 12.0 Å². The molecular formula is C19H20N4O3. The third-order valence-electron chi connectivity index (χ3n) is 4.99. The fourth-order valence-corrected chi connectivity index (χ4v) is 3.63. The molecule has 0 saturated heterocycles. The van der Waals surface area contributed by atoms with E-state index in [1.54, 1.807) is 13.1 Å². The largest absolute Gasteiger partial charge is 0.387 e. The molecule has 1 aliphatic rings. The van der Waals surface area contributed by atoms with E-state index in [9.17, 15) is 9.90 Å². The van der Waals surface area contributed by atoms with Crippen molar-refractivity contribution < 1.29 is 14.4 Å². The van der Waals surface area contributed by atoms with E-state index in [1.807, 2.05) is 41.1 Å². The van der Waals surface area contributed by atoms with Crippen LogP contribution in [0.2, 0.25) is 0 Å². The monoisotopic (exact) mass is 352 g/mol. The van der Waals surface area contributed by atoms with Gasteiger partial charge in [-0.3, -0.25) is 9.48 Å². The zero-order valence-electron chi connectivity index (χ0n) is 14.4. The SMILES string of the molecule is C[C@H](O)c1ccnn1C1CC(c2c(C(N)=O)noc2-c2ccccc2)C1. The normalized spacial score (nSPS) is 20.5. The lowest BCUT2D eigenvalue weighted by molar-refractivity contribution is 0.0989. The van der Waals surface area contributed by atoms with Crippen LogP contribution in [0.3, 0.4) is 0 Å². The van der Waals surface area contributed by atoms with Gasteiger partial charge in [-0.05, 0) is 31.7 Å². The fourth-order valence-electron chi connectivity index (χ4n) is 3.63. The van der Waals surface area contributed by atoms with Crippen LogP contribution < -0.4 is 5.73 Å². The van der Waals surface area contributed by atoms with Crippen molar-refractivity contribution in [2.45, 2.75) is 37.8 Å². The van der Waals surface area contributed by atoms with Gasteiger partial charge in [0.2, 0.25) is 0 Å². The Morgan fingerprint density at radius 2 is 2.04 bits per heavy atom. The van der Waals surface area contributed by atoms with Gasteiger partial charge in [-0.25, -0.2) is 0 Å². The highest BCUT2D eigenvalue weighted by molar-refractivity contribution is 5.94. The van der Waals surface area contributed by atoms with Crippen molar-refractivity contribution in [2.24, 2.45) is 5.73 Å². The van der Waals surface area contributed by atoms with Crippen molar-refractivity contribution in [3.8, 4) is 11.3 Å². The Kier molecular flexibility index (Phi) is 4.08. The minimum absolute atomic E-state index is 0.106. The Balaban J connectivity index is 1.64. The van der Waals surface area contributed by atoms with Gasteiger partial charge < -0.3 is 15.4 Å². The average Bonchev–Trinajstić information content (AvgIpc) is 3.22. The summed E-state index contributed by atoms with van der Waals surface area (Å²) in [5, 5.41) is 18.1.